The van der Waals surface area contributed by atoms with Gasteiger partial charge in [0.05, 0.1) is 17.8 Å². The van der Waals surface area contributed by atoms with Crippen LogP contribution in [0.3, 0.4) is 0 Å². The molecule has 0 saturated carbocycles. The summed E-state index contributed by atoms with van der Waals surface area (Å²) in [7, 11) is 0. The van der Waals surface area contributed by atoms with E-state index in [1.807, 2.05) is 0 Å². The molecule has 4 nitrogen and oxygen atoms in total. The highest BCUT2D eigenvalue weighted by molar-refractivity contribution is 6.54. The van der Waals surface area contributed by atoms with Gasteiger partial charge in [-0.1, -0.05) is 35.5 Å². The molecule has 0 saturated heterocycles. The van der Waals surface area contributed by atoms with Crippen molar-refractivity contribution in [1.82, 2.24) is 0 Å². The number of rotatable bonds is 2. The van der Waals surface area contributed by atoms with E-state index in [1.54, 1.807) is 24.3 Å². The van der Waals surface area contributed by atoms with Crippen LogP contribution in [0.5, 0.6) is 0 Å². The lowest BCUT2D eigenvalue weighted by Gasteiger charge is -2.17. The van der Waals surface area contributed by atoms with E-state index < -0.39 is 17.6 Å². The van der Waals surface area contributed by atoms with Crippen LogP contribution in [0.4, 0.5) is 18.9 Å². The maximum absolute atomic E-state index is 12.8. The quantitative estimate of drug-likeness (QED) is 0.681. The maximum Gasteiger partial charge on any atom is 0.416 e. The third kappa shape index (κ3) is 2.65. The molecule has 2 aromatic carbocycles. The second-order valence-corrected chi connectivity index (χ2v) is 5.06. The minimum atomic E-state index is -4.44. The van der Waals surface area contributed by atoms with Crippen molar-refractivity contribution in [3.8, 4) is 0 Å². The van der Waals surface area contributed by atoms with Crippen LogP contribution in [0.2, 0.25) is 0 Å². The van der Waals surface area contributed by atoms with Crippen molar-refractivity contribution in [3.05, 3.63) is 65.2 Å². The maximum atomic E-state index is 12.8. The summed E-state index contributed by atoms with van der Waals surface area (Å²) < 4.78 is 38.3. The lowest BCUT2D eigenvalue weighted by Crippen LogP contribution is -2.29. The summed E-state index contributed by atoms with van der Waals surface area (Å²) in [6, 6.07) is 11.4. The topological polar surface area (TPSA) is 52.9 Å². The van der Waals surface area contributed by atoms with Crippen molar-refractivity contribution in [2.24, 2.45) is 5.16 Å². The minimum absolute atomic E-state index is 0.0429. The first-order chi connectivity index (χ1) is 10.9. The Kier molecular flexibility index (Phi) is 3.55. The molecule has 0 aromatic heterocycles. The van der Waals surface area contributed by atoms with Crippen LogP contribution in [-0.2, 0) is 17.5 Å². The molecule has 1 N–H and O–H groups in total. The number of nitrogens with zero attached hydrogens (tertiary/aromatic N) is 2. The first kappa shape index (κ1) is 15.1. The van der Waals surface area contributed by atoms with E-state index in [-0.39, 0.29) is 12.3 Å². The molecule has 2 aromatic rings. The van der Waals surface area contributed by atoms with E-state index in [4.69, 9.17) is 5.21 Å². The van der Waals surface area contributed by atoms with Crippen molar-refractivity contribution in [3.63, 3.8) is 0 Å². The first-order valence-corrected chi connectivity index (χ1v) is 6.71. The fourth-order valence-corrected chi connectivity index (χ4v) is 2.54. The molecule has 0 atom stereocenters. The predicted octanol–water partition coefficient (Wildman–Crippen LogP) is 3.43. The lowest BCUT2D eigenvalue weighted by atomic mass is 10.1. The Morgan fingerprint density at radius 2 is 1.83 bits per heavy atom. The molecule has 0 bridgehead atoms. The molecule has 7 heteroatoms. The van der Waals surface area contributed by atoms with Gasteiger partial charge in [0.1, 0.15) is 0 Å². The molecule has 0 spiro atoms. The highest BCUT2D eigenvalue weighted by atomic mass is 19.4. The summed E-state index contributed by atoms with van der Waals surface area (Å²) >= 11 is 0. The molecule has 1 amide bonds. The van der Waals surface area contributed by atoms with Crippen molar-refractivity contribution >= 4 is 17.3 Å². The predicted molar refractivity (Wildman–Crippen MR) is 77.4 cm³/mol. The number of hydrogen-bond donors (Lipinski definition) is 1. The first-order valence-electron chi connectivity index (χ1n) is 6.71. The summed E-state index contributed by atoms with van der Waals surface area (Å²) in [6.45, 7) is -0.0429. The number of halogens is 3. The Labute approximate surface area is 129 Å². The van der Waals surface area contributed by atoms with Gasteiger partial charge < -0.3 is 10.1 Å². The van der Waals surface area contributed by atoms with Crippen molar-refractivity contribution in [2.45, 2.75) is 12.7 Å². The largest absolute Gasteiger partial charge is 0.416 e. The zero-order valence-corrected chi connectivity index (χ0v) is 11.7. The van der Waals surface area contributed by atoms with E-state index in [0.29, 0.717) is 16.8 Å². The van der Waals surface area contributed by atoms with Crippen LogP contribution in [0.25, 0.3) is 0 Å². The summed E-state index contributed by atoms with van der Waals surface area (Å²) in [5.74, 6) is -0.550. The monoisotopic (exact) mass is 320 g/mol. The van der Waals surface area contributed by atoms with Crippen LogP contribution in [0, 0.1) is 0 Å². The fraction of sp³-hybridized carbons (Fsp3) is 0.125. The highest BCUT2D eigenvalue weighted by Crippen LogP contribution is 2.32. The van der Waals surface area contributed by atoms with Gasteiger partial charge in [-0.15, -0.1) is 0 Å². The number of oxime groups is 1. The molecule has 0 fully saturated rings. The van der Waals surface area contributed by atoms with Gasteiger partial charge in [0.15, 0.2) is 5.71 Å². The summed E-state index contributed by atoms with van der Waals surface area (Å²) in [5, 5.41) is 12.0. The van der Waals surface area contributed by atoms with Gasteiger partial charge in [-0.2, -0.15) is 13.2 Å². The van der Waals surface area contributed by atoms with Gasteiger partial charge in [0.25, 0.3) is 5.91 Å². The lowest BCUT2D eigenvalue weighted by molar-refractivity contribution is -0.137. The Balaban J connectivity index is 1.97. The molecular formula is C16H11F3N2O2. The summed E-state index contributed by atoms with van der Waals surface area (Å²) in [5.41, 5.74) is 0.399. The number of carbonyl (C=O) groups is 1. The number of fused-ring (bicyclic) bond motifs is 1. The zero-order valence-electron chi connectivity index (χ0n) is 11.7. The van der Waals surface area contributed by atoms with Gasteiger partial charge in [0.2, 0.25) is 0 Å². The van der Waals surface area contributed by atoms with Crippen LogP contribution in [0.15, 0.2) is 53.7 Å². The van der Waals surface area contributed by atoms with Crippen molar-refractivity contribution < 1.29 is 23.2 Å². The van der Waals surface area contributed by atoms with Gasteiger partial charge in [0, 0.05) is 5.56 Å². The zero-order chi connectivity index (χ0) is 16.6. The summed E-state index contributed by atoms with van der Waals surface area (Å²) in [4.78, 5) is 13.6. The number of anilines is 1. The number of para-hydroxylation sites is 1. The molecule has 0 unspecified atom stereocenters. The van der Waals surface area contributed by atoms with Gasteiger partial charge >= 0.3 is 6.18 Å². The minimum Gasteiger partial charge on any atom is -0.410 e. The van der Waals surface area contributed by atoms with Crippen LogP contribution < -0.4 is 4.90 Å². The van der Waals surface area contributed by atoms with E-state index in [2.05, 4.69) is 5.16 Å². The summed E-state index contributed by atoms with van der Waals surface area (Å²) in [6.07, 6.45) is -4.44. The van der Waals surface area contributed by atoms with E-state index >= 15 is 0 Å². The number of carbonyl (C=O) groups excluding carboxylic acids is 1. The number of alkyl halides is 3. The smallest absolute Gasteiger partial charge is 0.410 e. The molecule has 1 heterocycles. The second-order valence-electron chi connectivity index (χ2n) is 5.06. The van der Waals surface area contributed by atoms with Crippen LogP contribution in [-0.4, -0.2) is 16.8 Å². The Bertz CT molecular complexity index is 800. The number of amides is 1. The van der Waals surface area contributed by atoms with Gasteiger partial charge in [-0.3, -0.25) is 4.79 Å². The Morgan fingerprint density at radius 3 is 2.52 bits per heavy atom. The Morgan fingerprint density at radius 1 is 1.09 bits per heavy atom. The third-order valence-corrected chi connectivity index (χ3v) is 3.59. The fourth-order valence-electron chi connectivity index (χ4n) is 2.54. The molecule has 3 rings (SSSR count). The van der Waals surface area contributed by atoms with Crippen LogP contribution >= 0.6 is 0 Å². The van der Waals surface area contributed by atoms with Gasteiger partial charge in [-0.25, -0.2) is 0 Å². The average Bonchev–Trinajstić information content (AvgIpc) is 2.79. The molecule has 118 valence electrons. The molecule has 1 aliphatic heterocycles. The molecule has 0 aliphatic carbocycles. The normalized spacial score (nSPS) is 16.0. The average molecular weight is 320 g/mol. The Hall–Kier alpha value is -2.83. The second kappa shape index (κ2) is 5.42. The standard InChI is InChI=1S/C16H11F3N2O2/c17-16(18,19)11-5-3-4-10(8-11)9-21-13-7-2-1-6-12(13)14(20-23)15(21)22/h1-8,23H,9H2/b20-14-. The number of hydrogen-bond acceptors (Lipinski definition) is 3. The third-order valence-electron chi connectivity index (χ3n) is 3.59. The molecule has 23 heavy (non-hydrogen) atoms. The van der Waals surface area contributed by atoms with E-state index in [1.165, 1.54) is 17.0 Å². The van der Waals surface area contributed by atoms with Crippen molar-refractivity contribution in [1.29, 1.82) is 0 Å². The highest BCUT2D eigenvalue weighted by Gasteiger charge is 2.35. The van der Waals surface area contributed by atoms with E-state index in [9.17, 15) is 18.0 Å². The SMILES string of the molecule is O=C1/C(=N\O)c2ccccc2N1Cc1cccc(C(F)(F)F)c1. The van der Waals surface area contributed by atoms with Crippen LogP contribution in [0.1, 0.15) is 16.7 Å². The van der Waals surface area contributed by atoms with E-state index in [0.717, 1.165) is 12.1 Å². The molecule has 0 radical (unpaired) electrons. The van der Waals surface area contributed by atoms with Gasteiger partial charge in [-0.05, 0) is 23.8 Å². The molecular weight excluding hydrogens is 309 g/mol. The van der Waals surface area contributed by atoms with Crippen molar-refractivity contribution in [2.75, 3.05) is 4.90 Å². The molecule has 1 aliphatic rings. The number of benzene rings is 2.